The molecule has 1 aliphatic carbocycles. The normalized spacial score (nSPS) is 30.2. The molecule has 0 aromatic heterocycles. The van der Waals surface area contributed by atoms with Crippen LogP contribution in [-0.4, -0.2) is 48.2 Å². The molecule has 3 fully saturated rings. The zero-order chi connectivity index (χ0) is 18.4. The summed E-state index contributed by atoms with van der Waals surface area (Å²) in [6.45, 7) is 1.88. The van der Waals surface area contributed by atoms with E-state index in [2.05, 4.69) is 0 Å². The fraction of sp³-hybridized carbons (Fsp3) is 0.600. The SMILES string of the molecule is O=C(N1C[C@@H]2CCC[C@@]2(C(=O)O)C1)C1(c2ccccc2Cl)CCOCC1. The molecule has 1 aromatic rings. The van der Waals surface area contributed by atoms with Gasteiger partial charge in [-0.25, -0.2) is 0 Å². The zero-order valence-electron chi connectivity index (χ0n) is 14.7. The Bertz CT molecular complexity index is 730. The van der Waals surface area contributed by atoms with Gasteiger partial charge in [-0.05, 0) is 43.2 Å². The van der Waals surface area contributed by atoms with Crippen molar-refractivity contribution in [1.82, 2.24) is 4.90 Å². The first kappa shape index (κ1) is 17.8. The lowest BCUT2D eigenvalue weighted by molar-refractivity contribution is -0.150. The molecule has 2 saturated heterocycles. The number of nitrogens with zero attached hydrogens (tertiary/aromatic N) is 1. The van der Waals surface area contributed by atoms with Gasteiger partial charge < -0.3 is 14.7 Å². The van der Waals surface area contributed by atoms with E-state index in [0.717, 1.165) is 18.4 Å². The Morgan fingerprint density at radius 3 is 2.58 bits per heavy atom. The molecule has 1 saturated carbocycles. The predicted octanol–water partition coefficient (Wildman–Crippen LogP) is 3.10. The average molecular weight is 378 g/mol. The number of hydrogen-bond acceptors (Lipinski definition) is 3. The predicted molar refractivity (Wildman–Crippen MR) is 97.2 cm³/mol. The lowest BCUT2D eigenvalue weighted by Gasteiger charge is -2.40. The average Bonchev–Trinajstić information content (AvgIpc) is 3.20. The van der Waals surface area contributed by atoms with Crippen LogP contribution in [0, 0.1) is 11.3 Å². The summed E-state index contributed by atoms with van der Waals surface area (Å²) < 4.78 is 5.52. The van der Waals surface area contributed by atoms with Gasteiger partial charge in [-0.2, -0.15) is 0 Å². The first-order valence-electron chi connectivity index (χ1n) is 9.35. The molecular weight excluding hydrogens is 354 g/mol. The van der Waals surface area contributed by atoms with E-state index in [1.54, 1.807) is 4.90 Å². The minimum Gasteiger partial charge on any atom is -0.481 e. The van der Waals surface area contributed by atoms with Crippen LogP contribution in [0.1, 0.15) is 37.7 Å². The molecule has 1 N–H and O–H groups in total. The third-order valence-electron chi connectivity index (χ3n) is 6.73. The number of ether oxygens (including phenoxy) is 1. The van der Waals surface area contributed by atoms with E-state index >= 15 is 0 Å². The number of fused-ring (bicyclic) bond motifs is 1. The van der Waals surface area contributed by atoms with Gasteiger partial charge in [0.25, 0.3) is 0 Å². The lowest BCUT2D eigenvalue weighted by atomic mass is 9.73. The second-order valence-corrected chi connectivity index (χ2v) is 8.32. The van der Waals surface area contributed by atoms with E-state index in [9.17, 15) is 14.7 Å². The lowest BCUT2D eigenvalue weighted by Crippen LogP contribution is -2.50. The molecule has 0 spiro atoms. The van der Waals surface area contributed by atoms with Crippen molar-refractivity contribution < 1.29 is 19.4 Å². The molecule has 4 rings (SSSR count). The van der Waals surface area contributed by atoms with Crippen molar-refractivity contribution in [3.63, 3.8) is 0 Å². The van der Waals surface area contributed by atoms with Gasteiger partial charge in [0.2, 0.25) is 5.91 Å². The largest absolute Gasteiger partial charge is 0.481 e. The van der Waals surface area contributed by atoms with Crippen LogP contribution in [0.4, 0.5) is 0 Å². The Morgan fingerprint density at radius 1 is 1.19 bits per heavy atom. The van der Waals surface area contributed by atoms with E-state index in [1.165, 1.54) is 0 Å². The monoisotopic (exact) mass is 377 g/mol. The van der Waals surface area contributed by atoms with Crippen molar-refractivity contribution in [2.45, 2.75) is 37.5 Å². The fourth-order valence-electron chi connectivity index (χ4n) is 5.26. The van der Waals surface area contributed by atoms with Crippen LogP contribution in [0.5, 0.6) is 0 Å². The molecule has 5 nitrogen and oxygen atoms in total. The van der Waals surface area contributed by atoms with Crippen molar-refractivity contribution in [2.75, 3.05) is 26.3 Å². The molecule has 140 valence electrons. The van der Waals surface area contributed by atoms with Gasteiger partial charge >= 0.3 is 5.97 Å². The minimum absolute atomic E-state index is 0.0175. The highest BCUT2D eigenvalue weighted by Crippen LogP contribution is 2.50. The number of halogens is 1. The summed E-state index contributed by atoms with van der Waals surface area (Å²) in [5, 5.41) is 10.4. The molecule has 1 aromatic carbocycles. The van der Waals surface area contributed by atoms with Gasteiger partial charge in [0.1, 0.15) is 0 Å². The molecule has 6 heteroatoms. The quantitative estimate of drug-likeness (QED) is 0.878. The number of rotatable bonds is 3. The van der Waals surface area contributed by atoms with E-state index in [0.29, 0.717) is 50.6 Å². The number of likely N-dealkylation sites (tertiary alicyclic amines) is 1. The third-order valence-corrected chi connectivity index (χ3v) is 7.06. The number of amides is 1. The smallest absolute Gasteiger partial charge is 0.311 e. The maximum absolute atomic E-state index is 13.7. The zero-order valence-corrected chi connectivity index (χ0v) is 15.5. The number of aliphatic carboxylic acids is 1. The Morgan fingerprint density at radius 2 is 1.92 bits per heavy atom. The number of carboxylic acids is 1. The Hall–Kier alpha value is -1.59. The summed E-state index contributed by atoms with van der Waals surface area (Å²) in [5.41, 5.74) is -0.631. The Kier molecular flexibility index (Phi) is 4.48. The maximum atomic E-state index is 13.7. The molecule has 2 atom stereocenters. The standard InChI is InChI=1S/C20H24ClNO4/c21-16-6-2-1-5-15(16)19(8-10-26-11-9-19)17(23)22-12-14-4-3-7-20(14,13-22)18(24)25/h1-2,5-6,14H,3-4,7-13H2,(H,24,25)/t14-,20+/m0/s1. The van der Waals surface area contributed by atoms with E-state index < -0.39 is 16.8 Å². The van der Waals surface area contributed by atoms with Gasteiger partial charge in [0.15, 0.2) is 0 Å². The number of carbonyl (C=O) groups is 2. The van der Waals surface area contributed by atoms with Gasteiger partial charge in [-0.3, -0.25) is 9.59 Å². The molecule has 2 heterocycles. The summed E-state index contributed by atoms with van der Waals surface area (Å²) in [7, 11) is 0. The first-order valence-corrected chi connectivity index (χ1v) is 9.73. The third kappa shape index (κ3) is 2.55. The second kappa shape index (κ2) is 6.54. The highest BCUT2D eigenvalue weighted by Gasteiger charge is 2.58. The number of benzene rings is 1. The number of carboxylic acid groups (broad SMARTS) is 1. The first-order chi connectivity index (χ1) is 12.5. The van der Waals surface area contributed by atoms with Gasteiger partial charge in [-0.1, -0.05) is 36.2 Å². The van der Waals surface area contributed by atoms with Crippen LogP contribution >= 0.6 is 11.6 Å². The molecule has 2 aliphatic heterocycles. The van der Waals surface area contributed by atoms with Gasteiger partial charge in [-0.15, -0.1) is 0 Å². The molecule has 0 bridgehead atoms. The van der Waals surface area contributed by atoms with Gasteiger partial charge in [0.05, 0.1) is 10.8 Å². The van der Waals surface area contributed by atoms with Crippen LogP contribution in [0.25, 0.3) is 0 Å². The number of carbonyl (C=O) groups excluding carboxylic acids is 1. The molecule has 0 unspecified atom stereocenters. The number of hydrogen-bond donors (Lipinski definition) is 1. The van der Waals surface area contributed by atoms with E-state index in [4.69, 9.17) is 16.3 Å². The van der Waals surface area contributed by atoms with E-state index in [1.807, 2.05) is 24.3 Å². The Balaban J connectivity index is 1.69. The molecule has 1 amide bonds. The fourth-order valence-corrected chi connectivity index (χ4v) is 5.58. The van der Waals surface area contributed by atoms with Crippen LogP contribution < -0.4 is 0 Å². The van der Waals surface area contributed by atoms with Crippen molar-refractivity contribution in [3.8, 4) is 0 Å². The summed E-state index contributed by atoms with van der Waals surface area (Å²) in [4.78, 5) is 27.5. The molecule has 26 heavy (non-hydrogen) atoms. The van der Waals surface area contributed by atoms with E-state index in [-0.39, 0.29) is 11.8 Å². The van der Waals surface area contributed by atoms with Crippen LogP contribution in [0.2, 0.25) is 5.02 Å². The molecule has 0 radical (unpaired) electrons. The van der Waals surface area contributed by atoms with Crippen LogP contribution in [-0.2, 0) is 19.7 Å². The van der Waals surface area contributed by atoms with Crippen LogP contribution in [0.3, 0.4) is 0 Å². The topological polar surface area (TPSA) is 66.8 Å². The summed E-state index contributed by atoms with van der Waals surface area (Å²) in [6.07, 6.45) is 3.65. The van der Waals surface area contributed by atoms with Crippen molar-refractivity contribution in [1.29, 1.82) is 0 Å². The van der Waals surface area contributed by atoms with Gasteiger partial charge in [0, 0.05) is 31.3 Å². The maximum Gasteiger partial charge on any atom is 0.311 e. The van der Waals surface area contributed by atoms with Crippen molar-refractivity contribution >= 4 is 23.5 Å². The molecule has 3 aliphatic rings. The van der Waals surface area contributed by atoms with Crippen molar-refractivity contribution in [2.24, 2.45) is 11.3 Å². The summed E-state index contributed by atoms with van der Waals surface area (Å²) >= 11 is 6.47. The molecular formula is C20H24ClNO4. The highest BCUT2D eigenvalue weighted by molar-refractivity contribution is 6.31. The minimum atomic E-state index is -0.761. The Labute approximate surface area is 158 Å². The highest BCUT2D eigenvalue weighted by atomic mass is 35.5. The second-order valence-electron chi connectivity index (χ2n) is 7.91. The van der Waals surface area contributed by atoms with Crippen LogP contribution in [0.15, 0.2) is 24.3 Å². The summed E-state index contributed by atoms with van der Waals surface area (Å²) in [5.74, 6) is -0.676. The summed E-state index contributed by atoms with van der Waals surface area (Å²) in [6, 6.07) is 7.51. The van der Waals surface area contributed by atoms with Crippen molar-refractivity contribution in [3.05, 3.63) is 34.9 Å².